The van der Waals surface area contributed by atoms with Crippen LogP contribution in [-0.4, -0.2) is 76.9 Å². The summed E-state index contributed by atoms with van der Waals surface area (Å²) in [5, 5.41) is 16.2. The third-order valence-electron chi connectivity index (χ3n) is 6.52. The lowest BCUT2D eigenvalue weighted by Crippen LogP contribution is -2.37. The number of carboxylic acid groups (broad SMARTS) is 1. The number of para-hydroxylation sites is 2. The van der Waals surface area contributed by atoms with E-state index in [4.69, 9.17) is 9.72 Å². The van der Waals surface area contributed by atoms with Gasteiger partial charge in [0, 0.05) is 32.4 Å². The van der Waals surface area contributed by atoms with Crippen molar-refractivity contribution in [3.8, 4) is 0 Å². The summed E-state index contributed by atoms with van der Waals surface area (Å²) < 4.78 is 5.28. The van der Waals surface area contributed by atoms with Gasteiger partial charge in [-0.05, 0) is 68.8 Å². The van der Waals surface area contributed by atoms with Crippen molar-refractivity contribution in [2.24, 2.45) is 0 Å². The number of anilines is 2. The number of nitrogens with one attached hydrogen (secondary N) is 2. The Balaban J connectivity index is 1.27. The second-order valence-electron chi connectivity index (χ2n) is 9.20. The maximum absolute atomic E-state index is 11.9. The number of unbranched alkanes of at least 4 members (excludes halogenated alkanes) is 1. The molecular formula is C27H36N6O3. The highest BCUT2D eigenvalue weighted by molar-refractivity contribution is 5.78. The molecule has 36 heavy (non-hydrogen) atoms. The van der Waals surface area contributed by atoms with E-state index in [2.05, 4.69) is 37.6 Å². The third-order valence-corrected chi connectivity index (χ3v) is 6.52. The minimum atomic E-state index is -0.899. The molecule has 0 amide bonds. The number of aryl methyl sites for hydroxylation is 2. The predicted molar refractivity (Wildman–Crippen MR) is 142 cm³/mol. The molecule has 1 unspecified atom stereocenters. The minimum Gasteiger partial charge on any atom is -0.480 e. The quantitative estimate of drug-likeness (QED) is 0.291. The van der Waals surface area contributed by atoms with E-state index in [-0.39, 0.29) is 0 Å². The molecule has 0 aliphatic carbocycles. The third kappa shape index (κ3) is 7.35. The second kappa shape index (κ2) is 13.1. The number of aliphatic carboxylic acids is 1. The van der Waals surface area contributed by atoms with Crippen molar-refractivity contribution in [3.63, 3.8) is 0 Å². The molecular weight excluding hydrogens is 456 g/mol. The van der Waals surface area contributed by atoms with Crippen LogP contribution in [0, 0.1) is 0 Å². The number of nitrogens with zero attached hydrogens (tertiary/aromatic N) is 4. The van der Waals surface area contributed by atoms with Crippen molar-refractivity contribution < 1.29 is 14.6 Å². The zero-order chi connectivity index (χ0) is 25.2. The van der Waals surface area contributed by atoms with E-state index in [1.165, 1.54) is 12.0 Å². The fourth-order valence-corrected chi connectivity index (χ4v) is 4.48. The Kier molecular flexibility index (Phi) is 9.40. The molecule has 0 saturated carbocycles. The summed E-state index contributed by atoms with van der Waals surface area (Å²) in [7, 11) is 1.69. The highest BCUT2D eigenvalue weighted by Gasteiger charge is 2.20. The maximum atomic E-state index is 11.9. The molecule has 0 spiro atoms. The number of benzene rings is 1. The monoisotopic (exact) mass is 492 g/mol. The van der Waals surface area contributed by atoms with Crippen LogP contribution < -0.4 is 10.6 Å². The molecule has 1 aliphatic rings. The van der Waals surface area contributed by atoms with E-state index in [0.29, 0.717) is 25.4 Å². The van der Waals surface area contributed by atoms with Crippen LogP contribution in [0.2, 0.25) is 0 Å². The topological polar surface area (TPSA) is 113 Å². The van der Waals surface area contributed by atoms with Crippen molar-refractivity contribution >= 4 is 28.6 Å². The van der Waals surface area contributed by atoms with Gasteiger partial charge in [-0.15, -0.1) is 0 Å². The first-order valence-corrected chi connectivity index (χ1v) is 12.8. The van der Waals surface area contributed by atoms with Gasteiger partial charge in [-0.25, -0.2) is 14.8 Å². The molecule has 1 aliphatic heterocycles. The number of pyridine rings is 1. The van der Waals surface area contributed by atoms with Gasteiger partial charge in [0.15, 0.2) is 0 Å². The molecule has 192 valence electrons. The number of hydrogen-bond acceptors (Lipinski definition) is 8. The standard InChI is InChI=1S/C27H36N6O3/c1-36-18-17-33(15-5-4-8-21-12-11-20-7-6-14-28-26(20)30-21)16-13-24(27(34)35)32-25-19-29-22-9-2-3-10-23(22)31-25/h2-3,9-12,19,24H,4-8,13-18H2,1H3,(H,28,30)(H,31,32)(H,34,35). The van der Waals surface area contributed by atoms with Gasteiger partial charge in [0.25, 0.3) is 0 Å². The first-order valence-electron chi connectivity index (χ1n) is 12.8. The van der Waals surface area contributed by atoms with E-state index in [1.807, 2.05) is 24.3 Å². The fourth-order valence-electron chi connectivity index (χ4n) is 4.48. The zero-order valence-electron chi connectivity index (χ0n) is 20.9. The molecule has 9 nitrogen and oxygen atoms in total. The van der Waals surface area contributed by atoms with Gasteiger partial charge >= 0.3 is 5.97 Å². The average Bonchev–Trinajstić information content (AvgIpc) is 2.91. The predicted octanol–water partition coefficient (Wildman–Crippen LogP) is 3.61. The molecule has 3 N–H and O–H groups in total. The van der Waals surface area contributed by atoms with Gasteiger partial charge in [0.05, 0.1) is 23.8 Å². The number of hydrogen-bond donors (Lipinski definition) is 3. The van der Waals surface area contributed by atoms with E-state index in [9.17, 15) is 9.90 Å². The maximum Gasteiger partial charge on any atom is 0.326 e. The lowest BCUT2D eigenvalue weighted by Gasteiger charge is -2.24. The first-order chi connectivity index (χ1) is 17.6. The average molecular weight is 493 g/mol. The molecule has 2 aromatic heterocycles. The number of carbonyl (C=O) groups is 1. The van der Waals surface area contributed by atoms with Crippen molar-refractivity contribution in [2.75, 3.05) is 50.5 Å². The smallest absolute Gasteiger partial charge is 0.326 e. The summed E-state index contributed by atoms with van der Waals surface area (Å²) in [5.74, 6) is 0.615. The van der Waals surface area contributed by atoms with Crippen molar-refractivity contribution in [2.45, 2.75) is 44.6 Å². The van der Waals surface area contributed by atoms with Crippen LogP contribution >= 0.6 is 0 Å². The molecule has 0 bridgehead atoms. The van der Waals surface area contributed by atoms with E-state index in [0.717, 1.165) is 67.9 Å². The SMILES string of the molecule is COCCN(CCCCc1ccc2c(n1)NCCC2)CCC(Nc1cnc2ccccc2n1)C(=O)O. The van der Waals surface area contributed by atoms with E-state index >= 15 is 0 Å². The fraction of sp³-hybridized carbons (Fsp3) is 0.481. The van der Waals surface area contributed by atoms with E-state index in [1.54, 1.807) is 13.3 Å². The van der Waals surface area contributed by atoms with Crippen molar-refractivity contribution in [3.05, 3.63) is 53.9 Å². The largest absolute Gasteiger partial charge is 0.480 e. The lowest BCUT2D eigenvalue weighted by atomic mass is 10.1. The number of ether oxygens (including phenoxy) is 1. The summed E-state index contributed by atoms with van der Waals surface area (Å²) in [5.41, 5.74) is 3.95. The highest BCUT2D eigenvalue weighted by atomic mass is 16.5. The highest BCUT2D eigenvalue weighted by Crippen LogP contribution is 2.20. The van der Waals surface area contributed by atoms with Crippen LogP contribution in [0.15, 0.2) is 42.6 Å². The molecule has 0 radical (unpaired) electrons. The second-order valence-corrected chi connectivity index (χ2v) is 9.20. The number of fused-ring (bicyclic) bond motifs is 2. The van der Waals surface area contributed by atoms with Crippen LogP contribution in [0.4, 0.5) is 11.6 Å². The molecule has 1 atom stereocenters. The molecule has 1 aromatic carbocycles. The van der Waals surface area contributed by atoms with Gasteiger partial charge in [-0.3, -0.25) is 4.98 Å². The Labute approximate surface area is 212 Å². The molecule has 0 saturated heterocycles. The number of aromatic nitrogens is 3. The first kappa shape index (κ1) is 25.8. The lowest BCUT2D eigenvalue weighted by molar-refractivity contribution is -0.138. The van der Waals surface area contributed by atoms with Crippen LogP contribution in [0.25, 0.3) is 11.0 Å². The Morgan fingerprint density at radius 1 is 1.14 bits per heavy atom. The number of rotatable bonds is 14. The Morgan fingerprint density at radius 3 is 2.83 bits per heavy atom. The normalized spacial score (nSPS) is 13.8. The van der Waals surface area contributed by atoms with Gasteiger partial charge in [-0.1, -0.05) is 18.2 Å². The molecule has 0 fully saturated rings. The summed E-state index contributed by atoms with van der Waals surface area (Å²) in [6.45, 7) is 3.90. The Bertz CT molecular complexity index is 1140. The number of methoxy groups -OCH3 is 1. The Hall–Kier alpha value is -3.30. The molecule has 4 rings (SSSR count). The molecule has 9 heteroatoms. The van der Waals surface area contributed by atoms with Crippen LogP contribution in [0.5, 0.6) is 0 Å². The number of carboxylic acids is 1. The minimum absolute atomic E-state index is 0.450. The summed E-state index contributed by atoms with van der Waals surface area (Å²) >= 11 is 0. The van der Waals surface area contributed by atoms with Crippen LogP contribution in [0.3, 0.4) is 0 Å². The van der Waals surface area contributed by atoms with Crippen molar-refractivity contribution in [1.82, 2.24) is 19.9 Å². The van der Waals surface area contributed by atoms with Crippen LogP contribution in [-0.2, 0) is 22.4 Å². The summed E-state index contributed by atoms with van der Waals surface area (Å²) in [6, 6.07) is 11.1. The van der Waals surface area contributed by atoms with Gasteiger partial charge < -0.3 is 25.4 Å². The van der Waals surface area contributed by atoms with Gasteiger partial charge in [0.2, 0.25) is 0 Å². The Morgan fingerprint density at radius 2 is 2.00 bits per heavy atom. The van der Waals surface area contributed by atoms with Crippen molar-refractivity contribution in [1.29, 1.82) is 0 Å². The summed E-state index contributed by atoms with van der Waals surface area (Å²) in [4.78, 5) is 27.9. The molecule has 3 heterocycles. The van der Waals surface area contributed by atoms with Crippen LogP contribution in [0.1, 0.15) is 36.9 Å². The zero-order valence-corrected chi connectivity index (χ0v) is 20.9. The molecule has 3 aromatic rings. The van der Waals surface area contributed by atoms with Gasteiger partial charge in [0.1, 0.15) is 17.7 Å². The summed E-state index contributed by atoms with van der Waals surface area (Å²) in [6.07, 6.45) is 7.28. The van der Waals surface area contributed by atoms with Gasteiger partial charge in [-0.2, -0.15) is 0 Å². The van der Waals surface area contributed by atoms with E-state index < -0.39 is 12.0 Å².